The predicted octanol–water partition coefficient (Wildman–Crippen LogP) is 4.63. The summed E-state index contributed by atoms with van der Waals surface area (Å²) >= 11 is 6.26. The van der Waals surface area contributed by atoms with Crippen LogP contribution in [0.25, 0.3) is 0 Å². The first-order chi connectivity index (χ1) is 14.9. The van der Waals surface area contributed by atoms with Gasteiger partial charge in [-0.25, -0.2) is 8.42 Å². The van der Waals surface area contributed by atoms with Gasteiger partial charge < -0.3 is 0 Å². The molecule has 0 unspecified atom stereocenters. The van der Waals surface area contributed by atoms with E-state index in [2.05, 4.69) is 31.4 Å². The molecule has 0 radical (unpaired) electrons. The third kappa shape index (κ3) is 5.53. The van der Waals surface area contributed by atoms with Crippen LogP contribution in [0.4, 0.5) is 5.13 Å². The fourth-order valence-electron chi connectivity index (χ4n) is 3.07. The van der Waals surface area contributed by atoms with Gasteiger partial charge in [-0.05, 0) is 54.8 Å². The quantitative estimate of drug-likeness (QED) is 0.348. The van der Waals surface area contributed by atoms with Crippen molar-refractivity contribution >= 4 is 60.1 Å². The number of nitrogens with zero attached hydrogens (tertiary/aromatic N) is 3. The second-order valence-electron chi connectivity index (χ2n) is 6.88. The zero-order valence-corrected chi connectivity index (χ0v) is 20.4. The minimum absolute atomic E-state index is 0.202. The smallest absolute Gasteiger partial charge is 0.257 e. The number of aromatic nitrogens is 2. The molecule has 0 bridgehead atoms. The molecule has 3 aromatic rings. The number of rotatable bonds is 7. The summed E-state index contributed by atoms with van der Waals surface area (Å²) in [6, 6.07) is 14.0. The number of sulfonamides is 1. The highest BCUT2D eigenvalue weighted by Gasteiger charge is 2.27. The molecule has 1 aliphatic rings. The van der Waals surface area contributed by atoms with Crippen molar-refractivity contribution in [3.05, 3.63) is 64.1 Å². The Morgan fingerprint density at radius 3 is 2.42 bits per heavy atom. The van der Waals surface area contributed by atoms with Crippen molar-refractivity contribution in [1.29, 1.82) is 0 Å². The number of hydrogen-bond donors (Lipinski definition) is 1. The van der Waals surface area contributed by atoms with Crippen molar-refractivity contribution in [2.24, 2.45) is 0 Å². The van der Waals surface area contributed by atoms with Crippen LogP contribution < -0.4 is 5.32 Å². The first kappa shape index (κ1) is 22.4. The Bertz CT molecular complexity index is 1160. The average Bonchev–Trinajstić information content (AvgIpc) is 3.46. The number of halogens is 1. The molecule has 1 fully saturated rings. The fourth-order valence-corrected chi connectivity index (χ4v) is 6.55. The Hall–Kier alpha value is -1.79. The van der Waals surface area contributed by atoms with E-state index in [9.17, 15) is 13.2 Å². The first-order valence-corrected chi connectivity index (χ1v) is 13.6. The summed E-state index contributed by atoms with van der Waals surface area (Å²) in [7, 11) is -3.49. The van der Waals surface area contributed by atoms with Gasteiger partial charge in [0.2, 0.25) is 15.2 Å². The lowest BCUT2D eigenvalue weighted by molar-refractivity contribution is 0.102. The van der Waals surface area contributed by atoms with Gasteiger partial charge in [0.15, 0.2) is 4.34 Å². The summed E-state index contributed by atoms with van der Waals surface area (Å²) in [5, 5.41) is 11.3. The van der Waals surface area contributed by atoms with Crippen molar-refractivity contribution in [3.63, 3.8) is 0 Å². The zero-order valence-electron chi connectivity index (χ0n) is 16.3. The van der Waals surface area contributed by atoms with Gasteiger partial charge in [-0.2, -0.15) is 4.31 Å². The summed E-state index contributed by atoms with van der Waals surface area (Å²) < 4.78 is 28.5. The number of carbonyl (C=O) groups is 1. The van der Waals surface area contributed by atoms with Crippen LogP contribution in [0, 0.1) is 0 Å². The van der Waals surface area contributed by atoms with E-state index < -0.39 is 10.0 Å². The molecule has 7 nitrogen and oxygen atoms in total. The molecule has 162 valence electrons. The molecule has 1 saturated heterocycles. The van der Waals surface area contributed by atoms with Crippen molar-refractivity contribution in [2.45, 2.75) is 27.8 Å². The maximum atomic E-state index is 12.6. The van der Waals surface area contributed by atoms with Crippen LogP contribution in [0.1, 0.15) is 28.8 Å². The van der Waals surface area contributed by atoms with Crippen molar-refractivity contribution in [2.75, 3.05) is 18.4 Å². The van der Waals surface area contributed by atoms with Crippen molar-refractivity contribution in [3.8, 4) is 0 Å². The van der Waals surface area contributed by atoms with E-state index in [1.807, 2.05) is 24.3 Å². The Balaban J connectivity index is 1.35. The molecule has 31 heavy (non-hydrogen) atoms. The first-order valence-electron chi connectivity index (χ1n) is 9.54. The third-order valence-electron chi connectivity index (χ3n) is 4.72. The van der Waals surface area contributed by atoms with Crippen LogP contribution in [0.5, 0.6) is 0 Å². The number of carbonyl (C=O) groups excluding carboxylic acids is 1. The van der Waals surface area contributed by atoms with Crippen LogP contribution in [-0.4, -0.2) is 41.9 Å². The van der Waals surface area contributed by atoms with Gasteiger partial charge in [-0.3, -0.25) is 10.1 Å². The summed E-state index contributed by atoms with van der Waals surface area (Å²) in [4.78, 5) is 12.7. The molecule has 2 aromatic carbocycles. The molecular formula is C20H19BrN4O3S3. The van der Waals surface area contributed by atoms with Crippen LogP contribution >= 0.6 is 39.0 Å². The van der Waals surface area contributed by atoms with Gasteiger partial charge in [-0.15, -0.1) is 10.2 Å². The standard InChI is InChI=1S/C20H19BrN4O3S3/c21-16-7-3-14(4-8-16)13-29-20-24-23-19(30-20)22-18(26)15-5-9-17(10-6-15)31(27,28)25-11-1-2-12-25/h3-10H,1-2,11-13H2,(H,22,23,26). The molecule has 0 atom stereocenters. The lowest BCUT2D eigenvalue weighted by atomic mass is 10.2. The average molecular weight is 540 g/mol. The molecule has 11 heteroatoms. The van der Waals surface area contributed by atoms with Gasteiger partial charge in [0.05, 0.1) is 4.90 Å². The lowest BCUT2D eigenvalue weighted by Crippen LogP contribution is -2.27. The maximum absolute atomic E-state index is 12.6. The lowest BCUT2D eigenvalue weighted by Gasteiger charge is -2.15. The van der Waals surface area contributed by atoms with Crippen LogP contribution in [0.15, 0.2) is 62.2 Å². The number of benzene rings is 2. The normalized spacial score (nSPS) is 14.6. The second kappa shape index (κ2) is 9.78. The molecule has 1 amide bonds. The minimum Gasteiger partial charge on any atom is -0.296 e. The van der Waals surface area contributed by atoms with E-state index in [1.165, 1.54) is 39.9 Å². The Kier molecular flexibility index (Phi) is 7.07. The summed E-state index contributed by atoms with van der Waals surface area (Å²) in [5.74, 6) is 0.397. The number of anilines is 1. The molecule has 0 spiro atoms. The number of thioether (sulfide) groups is 1. The zero-order chi connectivity index (χ0) is 21.8. The van der Waals surface area contributed by atoms with Gasteiger partial charge >= 0.3 is 0 Å². The molecule has 4 rings (SSSR count). The molecule has 1 aromatic heterocycles. The molecule has 0 aliphatic carbocycles. The SMILES string of the molecule is O=C(Nc1nnc(SCc2ccc(Br)cc2)s1)c1ccc(S(=O)(=O)N2CCCC2)cc1. The Labute approximate surface area is 197 Å². The van der Waals surface area contributed by atoms with Gasteiger partial charge in [-0.1, -0.05) is 51.2 Å². The Morgan fingerprint density at radius 2 is 1.74 bits per heavy atom. The van der Waals surface area contributed by atoms with E-state index >= 15 is 0 Å². The van der Waals surface area contributed by atoms with Crippen LogP contribution in [-0.2, 0) is 15.8 Å². The molecule has 1 N–H and O–H groups in total. The summed E-state index contributed by atoms with van der Waals surface area (Å²) in [5.41, 5.74) is 1.53. The van der Waals surface area contributed by atoms with Gasteiger partial charge in [0.1, 0.15) is 0 Å². The third-order valence-corrected chi connectivity index (χ3v) is 9.21. The molecule has 2 heterocycles. The van der Waals surface area contributed by atoms with Crippen LogP contribution in [0.3, 0.4) is 0 Å². The number of nitrogens with one attached hydrogen (secondary N) is 1. The highest BCUT2D eigenvalue weighted by molar-refractivity contribution is 9.10. The molecular weight excluding hydrogens is 520 g/mol. The van der Waals surface area contributed by atoms with E-state index in [1.54, 1.807) is 11.8 Å². The number of amides is 1. The second-order valence-corrected chi connectivity index (χ2v) is 11.9. The van der Waals surface area contributed by atoms with E-state index in [0.717, 1.165) is 33.0 Å². The minimum atomic E-state index is -3.49. The largest absolute Gasteiger partial charge is 0.296 e. The van der Waals surface area contributed by atoms with Crippen LogP contribution in [0.2, 0.25) is 0 Å². The summed E-state index contributed by atoms with van der Waals surface area (Å²) in [6.07, 6.45) is 1.76. The van der Waals surface area contributed by atoms with E-state index in [-0.39, 0.29) is 10.8 Å². The van der Waals surface area contributed by atoms with Crippen molar-refractivity contribution in [1.82, 2.24) is 14.5 Å². The highest BCUT2D eigenvalue weighted by Crippen LogP contribution is 2.29. The van der Waals surface area contributed by atoms with Gasteiger partial charge in [0, 0.05) is 28.9 Å². The monoisotopic (exact) mass is 538 g/mol. The van der Waals surface area contributed by atoms with E-state index in [4.69, 9.17) is 0 Å². The molecule has 0 saturated carbocycles. The van der Waals surface area contributed by atoms with Crippen molar-refractivity contribution < 1.29 is 13.2 Å². The maximum Gasteiger partial charge on any atom is 0.257 e. The predicted molar refractivity (Wildman–Crippen MR) is 126 cm³/mol. The van der Waals surface area contributed by atoms with Gasteiger partial charge in [0.25, 0.3) is 5.91 Å². The summed E-state index contributed by atoms with van der Waals surface area (Å²) in [6.45, 7) is 1.09. The highest BCUT2D eigenvalue weighted by atomic mass is 79.9. The fraction of sp³-hybridized carbons (Fsp3) is 0.250. The number of hydrogen-bond acceptors (Lipinski definition) is 7. The van der Waals surface area contributed by atoms with E-state index in [0.29, 0.717) is 23.8 Å². The topological polar surface area (TPSA) is 92.3 Å². The molecule has 1 aliphatic heterocycles. The Morgan fingerprint density at radius 1 is 1.06 bits per heavy atom.